The highest BCUT2D eigenvalue weighted by Gasteiger charge is 2.32. The van der Waals surface area contributed by atoms with Crippen LogP contribution >= 0.6 is 0 Å². The Balaban J connectivity index is 1.54. The SMILES string of the molecule is OC1(Cn2nnc(-c3ccccc3Cc3ccc(C(F)(F)F)cc3)n2)CCCC1. The normalized spacial score (nSPS) is 16.3. The molecule has 2 aromatic carbocycles. The summed E-state index contributed by atoms with van der Waals surface area (Å²) in [7, 11) is 0. The van der Waals surface area contributed by atoms with Gasteiger partial charge in [-0.3, -0.25) is 0 Å². The molecule has 5 nitrogen and oxygen atoms in total. The molecule has 1 saturated carbocycles. The molecule has 1 aliphatic rings. The molecule has 0 amide bonds. The predicted octanol–water partition coefficient (Wildman–Crippen LogP) is 4.25. The van der Waals surface area contributed by atoms with E-state index in [4.69, 9.17) is 0 Å². The summed E-state index contributed by atoms with van der Waals surface area (Å²) in [5.41, 5.74) is 0.989. The first-order chi connectivity index (χ1) is 13.8. The highest BCUT2D eigenvalue weighted by Crippen LogP contribution is 2.31. The second kappa shape index (κ2) is 7.59. The molecule has 0 spiro atoms. The summed E-state index contributed by atoms with van der Waals surface area (Å²) in [4.78, 5) is 1.43. The molecule has 1 N–H and O–H groups in total. The standard InChI is InChI=1S/C21H21F3N4O/c22-21(23,24)17-9-7-15(8-10-17)13-16-5-1-2-6-18(16)19-25-27-28(26-19)14-20(29)11-3-4-12-20/h1-2,5-10,29H,3-4,11-14H2. The van der Waals surface area contributed by atoms with Crippen LogP contribution in [0.25, 0.3) is 11.4 Å². The van der Waals surface area contributed by atoms with E-state index in [1.165, 1.54) is 16.9 Å². The van der Waals surface area contributed by atoms with Crippen molar-refractivity contribution in [1.29, 1.82) is 0 Å². The van der Waals surface area contributed by atoms with E-state index in [0.717, 1.165) is 54.5 Å². The Labute approximate surface area is 166 Å². The fraction of sp³-hybridized carbons (Fsp3) is 0.381. The Hall–Kier alpha value is -2.74. The van der Waals surface area contributed by atoms with Crippen molar-refractivity contribution in [3.63, 3.8) is 0 Å². The number of halogens is 3. The number of hydrogen-bond acceptors (Lipinski definition) is 4. The van der Waals surface area contributed by atoms with E-state index in [0.29, 0.717) is 18.8 Å². The number of benzene rings is 2. The zero-order chi connectivity index (χ0) is 20.5. The second-order valence-corrected chi connectivity index (χ2v) is 7.60. The molecule has 0 bridgehead atoms. The molecule has 4 rings (SSSR count). The largest absolute Gasteiger partial charge is 0.416 e. The number of nitrogens with zero attached hydrogens (tertiary/aromatic N) is 4. The third-order valence-electron chi connectivity index (χ3n) is 5.36. The maximum Gasteiger partial charge on any atom is 0.416 e. The average molecular weight is 402 g/mol. The van der Waals surface area contributed by atoms with E-state index in [2.05, 4.69) is 15.4 Å². The minimum absolute atomic E-state index is 0.307. The van der Waals surface area contributed by atoms with E-state index in [9.17, 15) is 18.3 Å². The van der Waals surface area contributed by atoms with Gasteiger partial charge in [-0.2, -0.15) is 18.0 Å². The lowest BCUT2D eigenvalue weighted by Crippen LogP contribution is -2.31. The molecule has 0 saturated heterocycles. The van der Waals surface area contributed by atoms with Crippen LogP contribution in [0, 0.1) is 0 Å². The van der Waals surface area contributed by atoms with Gasteiger partial charge < -0.3 is 5.11 Å². The lowest BCUT2D eigenvalue weighted by molar-refractivity contribution is -0.137. The van der Waals surface area contributed by atoms with Gasteiger partial charge in [0.25, 0.3) is 0 Å². The van der Waals surface area contributed by atoms with Gasteiger partial charge in [-0.05, 0) is 47.7 Å². The van der Waals surface area contributed by atoms with Crippen LogP contribution in [-0.2, 0) is 19.1 Å². The van der Waals surface area contributed by atoms with Crippen molar-refractivity contribution in [3.05, 3.63) is 65.2 Å². The van der Waals surface area contributed by atoms with Gasteiger partial charge >= 0.3 is 6.18 Å². The van der Waals surface area contributed by atoms with Gasteiger partial charge in [0.2, 0.25) is 5.82 Å². The lowest BCUT2D eigenvalue weighted by atomic mass is 9.98. The predicted molar refractivity (Wildman–Crippen MR) is 101 cm³/mol. The van der Waals surface area contributed by atoms with Gasteiger partial charge in [-0.15, -0.1) is 10.2 Å². The van der Waals surface area contributed by atoms with E-state index < -0.39 is 17.3 Å². The molecule has 8 heteroatoms. The molecule has 0 atom stereocenters. The van der Waals surface area contributed by atoms with Crippen LogP contribution in [0.5, 0.6) is 0 Å². The summed E-state index contributed by atoms with van der Waals surface area (Å²) >= 11 is 0. The molecule has 0 aliphatic heterocycles. The summed E-state index contributed by atoms with van der Waals surface area (Å²) in [6.45, 7) is 0.307. The minimum Gasteiger partial charge on any atom is -0.388 e. The molecule has 3 aromatic rings. The second-order valence-electron chi connectivity index (χ2n) is 7.60. The van der Waals surface area contributed by atoms with Gasteiger partial charge in [-0.25, -0.2) is 0 Å². The third kappa shape index (κ3) is 4.48. The monoisotopic (exact) mass is 402 g/mol. The molecule has 152 valence electrons. The molecule has 1 heterocycles. The summed E-state index contributed by atoms with van der Waals surface area (Å²) < 4.78 is 38.3. The minimum atomic E-state index is -4.34. The molecule has 0 unspecified atom stereocenters. The average Bonchev–Trinajstić information content (AvgIpc) is 3.31. The number of rotatable bonds is 5. The summed E-state index contributed by atoms with van der Waals surface area (Å²) in [6, 6.07) is 12.6. The molecular formula is C21H21F3N4O. The first-order valence-electron chi connectivity index (χ1n) is 9.57. The lowest BCUT2D eigenvalue weighted by Gasteiger charge is -2.20. The Morgan fingerprint density at radius 3 is 2.38 bits per heavy atom. The smallest absolute Gasteiger partial charge is 0.388 e. The highest BCUT2D eigenvalue weighted by atomic mass is 19.4. The molecule has 0 radical (unpaired) electrons. The van der Waals surface area contributed by atoms with Crippen LogP contribution < -0.4 is 0 Å². The Bertz CT molecular complexity index is 976. The molecule has 1 aromatic heterocycles. The van der Waals surface area contributed by atoms with E-state index >= 15 is 0 Å². The number of aliphatic hydroxyl groups is 1. The van der Waals surface area contributed by atoms with Crippen LogP contribution in [0.2, 0.25) is 0 Å². The maximum absolute atomic E-state index is 12.8. The van der Waals surface area contributed by atoms with Gasteiger partial charge in [0, 0.05) is 5.56 Å². The van der Waals surface area contributed by atoms with Crippen LogP contribution in [0.15, 0.2) is 48.5 Å². The summed E-state index contributed by atoms with van der Waals surface area (Å²) in [5, 5.41) is 23.2. The first-order valence-corrected chi connectivity index (χ1v) is 9.57. The van der Waals surface area contributed by atoms with Gasteiger partial charge in [0.1, 0.15) is 0 Å². The molecule has 29 heavy (non-hydrogen) atoms. The van der Waals surface area contributed by atoms with E-state index in [1.807, 2.05) is 24.3 Å². The zero-order valence-electron chi connectivity index (χ0n) is 15.7. The third-order valence-corrected chi connectivity index (χ3v) is 5.36. The topological polar surface area (TPSA) is 63.8 Å². The molecular weight excluding hydrogens is 381 g/mol. The molecule has 1 fully saturated rings. The number of tetrazole rings is 1. The fourth-order valence-corrected chi connectivity index (χ4v) is 3.80. The van der Waals surface area contributed by atoms with E-state index in [1.54, 1.807) is 0 Å². The van der Waals surface area contributed by atoms with Crippen LogP contribution in [-0.4, -0.2) is 30.9 Å². The Morgan fingerprint density at radius 2 is 1.69 bits per heavy atom. The van der Waals surface area contributed by atoms with Crippen molar-refractivity contribution in [2.45, 2.75) is 50.4 Å². The van der Waals surface area contributed by atoms with Crippen LogP contribution in [0.3, 0.4) is 0 Å². The van der Waals surface area contributed by atoms with Crippen LogP contribution in [0.1, 0.15) is 42.4 Å². The van der Waals surface area contributed by atoms with Crippen molar-refractivity contribution in [2.75, 3.05) is 0 Å². The number of aromatic nitrogens is 4. The maximum atomic E-state index is 12.8. The van der Waals surface area contributed by atoms with Crippen molar-refractivity contribution in [2.24, 2.45) is 0 Å². The van der Waals surface area contributed by atoms with Gasteiger partial charge in [0.15, 0.2) is 0 Å². The Kier molecular flexibility index (Phi) is 5.12. The quantitative estimate of drug-likeness (QED) is 0.693. The highest BCUT2D eigenvalue weighted by molar-refractivity contribution is 5.60. The molecule has 1 aliphatic carbocycles. The van der Waals surface area contributed by atoms with Crippen molar-refractivity contribution < 1.29 is 18.3 Å². The Morgan fingerprint density at radius 1 is 1.00 bits per heavy atom. The van der Waals surface area contributed by atoms with Gasteiger partial charge in [0.05, 0.1) is 17.7 Å². The number of alkyl halides is 3. The van der Waals surface area contributed by atoms with Crippen molar-refractivity contribution in [3.8, 4) is 11.4 Å². The summed E-state index contributed by atoms with van der Waals surface area (Å²) in [6.07, 6.45) is -0.445. The fourth-order valence-electron chi connectivity index (χ4n) is 3.80. The zero-order valence-corrected chi connectivity index (χ0v) is 15.7. The van der Waals surface area contributed by atoms with E-state index in [-0.39, 0.29) is 0 Å². The van der Waals surface area contributed by atoms with Crippen LogP contribution in [0.4, 0.5) is 13.2 Å². The van der Waals surface area contributed by atoms with Gasteiger partial charge in [-0.1, -0.05) is 49.2 Å². The van der Waals surface area contributed by atoms with Crippen molar-refractivity contribution >= 4 is 0 Å². The van der Waals surface area contributed by atoms with Crippen molar-refractivity contribution in [1.82, 2.24) is 20.2 Å². The number of hydrogen-bond donors (Lipinski definition) is 1. The first kappa shape index (κ1) is 19.6. The summed E-state index contributed by atoms with van der Waals surface area (Å²) in [5.74, 6) is 0.439.